The van der Waals surface area contributed by atoms with Crippen molar-refractivity contribution in [2.75, 3.05) is 6.54 Å². The standard InChI is InChI=1S/C27H37N2/c1-6-17-24(2)26(4)22-28-19-15-13-11-9-7-8-10-12-14-16-20-29-21-18-25(3)27(5)23-29/h6,17-18,21-23H,11-16,19-20H2,1-5H3/q+1/b17-6-,26-24-,28-22?. The van der Waals surface area contributed by atoms with Crippen molar-refractivity contribution >= 4 is 6.21 Å². The Morgan fingerprint density at radius 3 is 2.31 bits per heavy atom. The van der Waals surface area contributed by atoms with Crippen LogP contribution in [-0.4, -0.2) is 12.8 Å². The predicted molar refractivity (Wildman–Crippen MR) is 126 cm³/mol. The zero-order chi connectivity index (χ0) is 21.3. The number of aromatic nitrogens is 1. The Bertz CT molecular complexity index is 833. The number of allylic oxidation sites excluding steroid dienone is 4. The smallest absolute Gasteiger partial charge is 0.171 e. The Morgan fingerprint density at radius 1 is 0.966 bits per heavy atom. The molecule has 0 amide bonds. The van der Waals surface area contributed by atoms with Gasteiger partial charge in [0.15, 0.2) is 12.4 Å². The van der Waals surface area contributed by atoms with Gasteiger partial charge in [0.1, 0.15) is 6.54 Å². The van der Waals surface area contributed by atoms with E-state index >= 15 is 0 Å². The van der Waals surface area contributed by atoms with E-state index in [4.69, 9.17) is 0 Å². The number of nitrogens with zero attached hydrogens (tertiary/aromatic N) is 2. The average Bonchev–Trinajstić information content (AvgIpc) is 2.70. The molecule has 0 bridgehead atoms. The van der Waals surface area contributed by atoms with Crippen molar-refractivity contribution < 1.29 is 4.57 Å². The highest BCUT2D eigenvalue weighted by atomic mass is 14.9. The monoisotopic (exact) mass is 389 g/mol. The van der Waals surface area contributed by atoms with Gasteiger partial charge in [-0.25, -0.2) is 4.57 Å². The molecule has 0 unspecified atom stereocenters. The summed E-state index contributed by atoms with van der Waals surface area (Å²) in [6, 6.07) is 2.18. The van der Waals surface area contributed by atoms with Crippen LogP contribution in [0.5, 0.6) is 0 Å². The Morgan fingerprint density at radius 2 is 1.66 bits per heavy atom. The maximum absolute atomic E-state index is 4.49. The molecule has 0 radical (unpaired) electrons. The van der Waals surface area contributed by atoms with Crippen LogP contribution in [-0.2, 0) is 6.54 Å². The van der Waals surface area contributed by atoms with Gasteiger partial charge in [-0.05, 0) is 82.4 Å². The van der Waals surface area contributed by atoms with E-state index in [1.807, 2.05) is 13.1 Å². The SMILES string of the molecule is C/C=C\C(C)=C(\C)C=NCCCCC#CC#CCCCC[n+]1ccc(C)c(C)c1. The van der Waals surface area contributed by atoms with Gasteiger partial charge in [0.25, 0.3) is 0 Å². The van der Waals surface area contributed by atoms with Crippen LogP contribution >= 0.6 is 0 Å². The molecule has 2 heteroatoms. The molecule has 1 aromatic heterocycles. The summed E-state index contributed by atoms with van der Waals surface area (Å²) in [6.07, 6.45) is 16.8. The van der Waals surface area contributed by atoms with Gasteiger partial charge in [-0.1, -0.05) is 24.0 Å². The fourth-order valence-electron chi connectivity index (χ4n) is 2.69. The summed E-state index contributed by atoms with van der Waals surface area (Å²) in [5.41, 5.74) is 5.19. The molecule has 0 atom stereocenters. The maximum Gasteiger partial charge on any atom is 0.171 e. The van der Waals surface area contributed by atoms with E-state index in [9.17, 15) is 0 Å². The lowest BCUT2D eigenvalue weighted by molar-refractivity contribution is -0.697. The van der Waals surface area contributed by atoms with E-state index < -0.39 is 0 Å². The van der Waals surface area contributed by atoms with Gasteiger partial charge in [0, 0.05) is 43.7 Å². The second-order valence-corrected chi connectivity index (χ2v) is 7.47. The van der Waals surface area contributed by atoms with Crippen LogP contribution in [0.15, 0.2) is 46.8 Å². The van der Waals surface area contributed by atoms with E-state index in [0.717, 1.165) is 51.6 Å². The largest absolute Gasteiger partial charge is 0.293 e. The Labute approximate surface area is 178 Å². The normalized spacial score (nSPS) is 11.8. The summed E-state index contributed by atoms with van der Waals surface area (Å²) in [5.74, 6) is 12.3. The number of hydrogen-bond donors (Lipinski definition) is 0. The fourth-order valence-corrected chi connectivity index (χ4v) is 2.69. The molecule has 2 nitrogen and oxygen atoms in total. The summed E-state index contributed by atoms with van der Waals surface area (Å²) < 4.78 is 2.26. The van der Waals surface area contributed by atoms with Crippen LogP contribution in [0, 0.1) is 37.5 Å². The van der Waals surface area contributed by atoms with Crippen LogP contribution in [0.3, 0.4) is 0 Å². The molecule has 0 saturated carbocycles. The number of unbranched alkanes of at least 4 members (excludes halogenated alkanes) is 4. The molecule has 0 aliphatic rings. The number of aryl methyl sites for hydroxylation is 3. The van der Waals surface area contributed by atoms with Crippen molar-refractivity contribution in [2.45, 2.75) is 79.7 Å². The minimum atomic E-state index is 0.867. The minimum Gasteiger partial charge on any atom is -0.293 e. The first-order chi connectivity index (χ1) is 14.0. The van der Waals surface area contributed by atoms with Crippen LogP contribution in [0.25, 0.3) is 0 Å². The Kier molecular flexibility index (Phi) is 13.0. The predicted octanol–water partition coefficient (Wildman–Crippen LogP) is 5.92. The highest BCUT2D eigenvalue weighted by Crippen LogP contribution is 2.03. The molecule has 29 heavy (non-hydrogen) atoms. The molecule has 1 heterocycles. The molecular formula is C27H37N2+. The number of hydrogen-bond acceptors (Lipinski definition) is 1. The third-order valence-electron chi connectivity index (χ3n) is 4.87. The van der Waals surface area contributed by atoms with Gasteiger partial charge in [-0.15, -0.1) is 0 Å². The minimum absolute atomic E-state index is 0.867. The van der Waals surface area contributed by atoms with E-state index in [2.05, 4.69) is 91.5 Å². The number of aliphatic imine (C=N–C) groups is 1. The quantitative estimate of drug-likeness (QED) is 0.155. The molecular weight excluding hydrogens is 352 g/mol. The summed E-state index contributed by atoms with van der Waals surface area (Å²) in [5, 5.41) is 0. The van der Waals surface area contributed by atoms with Crippen molar-refractivity contribution in [3.8, 4) is 23.7 Å². The van der Waals surface area contributed by atoms with E-state index in [-0.39, 0.29) is 0 Å². The highest BCUT2D eigenvalue weighted by molar-refractivity contribution is 5.79. The van der Waals surface area contributed by atoms with E-state index in [0.29, 0.717) is 0 Å². The van der Waals surface area contributed by atoms with Crippen molar-refractivity contribution in [1.82, 2.24) is 0 Å². The molecule has 0 spiro atoms. The van der Waals surface area contributed by atoms with E-state index in [1.165, 1.54) is 22.3 Å². The van der Waals surface area contributed by atoms with Crippen molar-refractivity contribution in [3.63, 3.8) is 0 Å². The highest BCUT2D eigenvalue weighted by Gasteiger charge is 2.02. The average molecular weight is 390 g/mol. The second-order valence-electron chi connectivity index (χ2n) is 7.47. The zero-order valence-electron chi connectivity index (χ0n) is 19.0. The van der Waals surface area contributed by atoms with Gasteiger partial charge in [-0.2, -0.15) is 0 Å². The topological polar surface area (TPSA) is 16.2 Å². The van der Waals surface area contributed by atoms with Gasteiger partial charge >= 0.3 is 0 Å². The maximum atomic E-state index is 4.49. The van der Waals surface area contributed by atoms with Crippen molar-refractivity contribution in [2.24, 2.45) is 4.99 Å². The number of pyridine rings is 1. The summed E-state index contributed by atoms with van der Waals surface area (Å²) >= 11 is 0. The van der Waals surface area contributed by atoms with Crippen LogP contribution < -0.4 is 4.57 Å². The zero-order valence-corrected chi connectivity index (χ0v) is 19.0. The molecule has 0 saturated heterocycles. The first kappa shape index (κ1) is 24.5. The van der Waals surface area contributed by atoms with Crippen LogP contribution in [0.4, 0.5) is 0 Å². The van der Waals surface area contributed by atoms with Crippen LogP contribution in [0.2, 0.25) is 0 Å². The van der Waals surface area contributed by atoms with Gasteiger partial charge in [-0.3, -0.25) is 4.99 Å². The van der Waals surface area contributed by atoms with Crippen molar-refractivity contribution in [3.05, 3.63) is 52.9 Å². The molecule has 0 aliphatic carbocycles. The second kappa shape index (κ2) is 15.4. The Hall–Kier alpha value is -2.58. The summed E-state index contributed by atoms with van der Waals surface area (Å²) in [4.78, 5) is 4.49. The van der Waals surface area contributed by atoms with Gasteiger partial charge in [0.05, 0.1) is 0 Å². The van der Waals surface area contributed by atoms with Crippen molar-refractivity contribution in [1.29, 1.82) is 0 Å². The summed E-state index contributed by atoms with van der Waals surface area (Å²) in [6.45, 7) is 12.5. The third-order valence-corrected chi connectivity index (χ3v) is 4.87. The molecule has 0 aromatic carbocycles. The fraction of sp³-hybridized carbons (Fsp3) is 0.481. The third kappa shape index (κ3) is 11.8. The number of rotatable bonds is 10. The molecule has 0 fully saturated rings. The molecule has 0 aliphatic heterocycles. The van der Waals surface area contributed by atoms with Gasteiger partial charge < -0.3 is 0 Å². The first-order valence-electron chi connectivity index (χ1n) is 10.8. The lowest BCUT2D eigenvalue weighted by Crippen LogP contribution is -2.33. The van der Waals surface area contributed by atoms with Gasteiger partial charge in [0.2, 0.25) is 0 Å². The molecule has 1 aromatic rings. The van der Waals surface area contributed by atoms with Crippen LogP contribution in [0.1, 0.15) is 70.4 Å². The molecule has 0 N–H and O–H groups in total. The summed E-state index contributed by atoms with van der Waals surface area (Å²) in [7, 11) is 0. The van der Waals surface area contributed by atoms with E-state index in [1.54, 1.807) is 0 Å². The molecule has 1 rings (SSSR count). The first-order valence-corrected chi connectivity index (χ1v) is 10.8. The lowest BCUT2D eigenvalue weighted by Gasteiger charge is -1.99. The molecule has 154 valence electrons. The Balaban J connectivity index is 2.10. The lowest BCUT2D eigenvalue weighted by atomic mass is 10.1.